The van der Waals surface area contributed by atoms with Crippen LogP contribution in [-0.4, -0.2) is 48.8 Å². The molecule has 0 radical (unpaired) electrons. The second-order valence-electron chi connectivity index (χ2n) is 11.7. The third kappa shape index (κ3) is 5.76. The van der Waals surface area contributed by atoms with Crippen molar-refractivity contribution in [1.82, 2.24) is 15.0 Å². The number of cyclic esters (lactones) is 1. The lowest BCUT2D eigenvalue weighted by Crippen LogP contribution is -2.42. The number of aromatic nitrogens is 3. The Kier molecular flexibility index (Phi) is 7.85. The van der Waals surface area contributed by atoms with Crippen LogP contribution in [0.15, 0.2) is 30.6 Å². The quantitative estimate of drug-likeness (QED) is 0.287. The normalized spacial score (nSPS) is 20.9. The maximum Gasteiger partial charge on any atom is 0.340 e. The Bertz CT molecular complexity index is 1550. The monoisotopic (exact) mass is 568 g/mol. The van der Waals surface area contributed by atoms with Crippen molar-refractivity contribution >= 4 is 38.1 Å². The van der Waals surface area contributed by atoms with Crippen molar-refractivity contribution in [3.63, 3.8) is 0 Å². The molecule has 1 aliphatic heterocycles. The predicted octanol–water partition coefficient (Wildman–Crippen LogP) is 5.41. The molecular weight excluding hydrogens is 528 g/mol. The molecular formula is C29H40N6O4S. The summed E-state index contributed by atoms with van der Waals surface area (Å²) in [6, 6.07) is 5.37. The first-order valence-electron chi connectivity index (χ1n) is 13.5. The summed E-state index contributed by atoms with van der Waals surface area (Å²) in [5, 5.41) is 4.50. The zero-order valence-electron chi connectivity index (χ0n) is 24.5. The first-order valence-corrected chi connectivity index (χ1v) is 15.5. The largest absolute Gasteiger partial charge is 0.474 e. The molecule has 0 aromatic carbocycles. The number of hydrogen-bond donors (Lipinski definition) is 3. The van der Waals surface area contributed by atoms with Gasteiger partial charge in [0.05, 0.1) is 22.7 Å². The molecule has 40 heavy (non-hydrogen) atoms. The van der Waals surface area contributed by atoms with E-state index >= 15 is 0 Å². The Morgan fingerprint density at radius 1 is 1.23 bits per heavy atom. The van der Waals surface area contributed by atoms with Crippen LogP contribution in [0.3, 0.4) is 0 Å². The van der Waals surface area contributed by atoms with Gasteiger partial charge in [-0.15, -0.1) is 0 Å². The van der Waals surface area contributed by atoms with E-state index in [4.69, 9.17) is 25.0 Å². The fourth-order valence-electron chi connectivity index (χ4n) is 4.69. The highest BCUT2D eigenvalue weighted by Crippen LogP contribution is 2.37. The van der Waals surface area contributed by atoms with Gasteiger partial charge < -0.3 is 20.5 Å². The Hall–Kier alpha value is -3.31. The van der Waals surface area contributed by atoms with E-state index in [-0.39, 0.29) is 23.4 Å². The van der Waals surface area contributed by atoms with Crippen LogP contribution in [0.4, 0.5) is 11.6 Å². The Labute approximate surface area is 236 Å². The van der Waals surface area contributed by atoms with E-state index in [0.29, 0.717) is 47.0 Å². The van der Waals surface area contributed by atoms with E-state index in [2.05, 4.69) is 15.3 Å². The average Bonchev–Trinajstić information content (AvgIpc) is 2.87. The summed E-state index contributed by atoms with van der Waals surface area (Å²) in [5.74, 6) is 1.14. The molecule has 0 fully saturated rings. The molecule has 0 saturated carbocycles. The standard InChI is InChI=1S/C29H40N6O4S/c1-9-29(7,30)22-15-33-26(38-16(2)12-17(3)40(8,31)37)21-14-32-24(13-20(21)22)34-23-11-10-19-25(35-23)28(5,6)18(4)39-27(19)36/h10-11,13-18,31H,9,12,30H2,1-8H3,(H,32,34,35)/t16-,17-,18-,29?,40?/m1/s1. The van der Waals surface area contributed by atoms with Crippen molar-refractivity contribution in [1.29, 1.82) is 4.78 Å². The van der Waals surface area contributed by atoms with Crippen molar-refractivity contribution in [2.24, 2.45) is 5.73 Å². The van der Waals surface area contributed by atoms with Crippen molar-refractivity contribution in [2.45, 2.75) is 89.7 Å². The number of pyridine rings is 3. The minimum absolute atomic E-state index is 0.311. The number of nitrogens with two attached hydrogens (primary N) is 1. The third-order valence-corrected chi connectivity index (χ3v) is 9.84. The summed E-state index contributed by atoms with van der Waals surface area (Å²) >= 11 is 0. The molecule has 0 spiro atoms. The maximum absolute atomic E-state index is 12.4. The fraction of sp³-hybridized carbons (Fsp3) is 0.517. The van der Waals surface area contributed by atoms with E-state index in [1.807, 2.05) is 47.6 Å². The SMILES string of the molecule is CCC(C)(N)c1cnc(O[C@H](C)C[C@@H](C)S(C)(=N)=O)c2cnc(Nc3ccc4c(n3)C(C)(C)[C@@H](C)OC4=O)cc12. The van der Waals surface area contributed by atoms with Crippen LogP contribution in [0.5, 0.6) is 5.88 Å². The summed E-state index contributed by atoms with van der Waals surface area (Å²) in [4.78, 5) is 26.4. The predicted molar refractivity (Wildman–Crippen MR) is 158 cm³/mol. The first-order chi connectivity index (χ1) is 18.5. The van der Waals surface area contributed by atoms with Gasteiger partial charge >= 0.3 is 5.97 Å². The van der Waals surface area contributed by atoms with Crippen molar-refractivity contribution < 1.29 is 18.5 Å². The summed E-state index contributed by atoms with van der Waals surface area (Å²) in [6.45, 7) is 13.5. The molecule has 0 bridgehead atoms. The molecule has 3 aromatic rings. The van der Waals surface area contributed by atoms with Crippen LogP contribution < -0.4 is 15.8 Å². The molecule has 4 heterocycles. The molecule has 4 rings (SSSR count). The van der Waals surface area contributed by atoms with E-state index in [1.54, 1.807) is 31.5 Å². The van der Waals surface area contributed by atoms with Crippen LogP contribution in [-0.2, 0) is 25.4 Å². The van der Waals surface area contributed by atoms with Gasteiger partial charge in [0.1, 0.15) is 17.7 Å². The summed E-state index contributed by atoms with van der Waals surface area (Å²) in [5.41, 5.74) is 7.56. The van der Waals surface area contributed by atoms with Crippen LogP contribution >= 0.6 is 0 Å². The highest BCUT2D eigenvalue weighted by atomic mass is 32.2. The molecule has 0 aliphatic carbocycles. The van der Waals surface area contributed by atoms with Gasteiger partial charge in [0.15, 0.2) is 0 Å². The number of carbonyl (C=O) groups is 1. The summed E-state index contributed by atoms with van der Waals surface area (Å²) < 4.78 is 31.7. The second kappa shape index (κ2) is 10.6. The van der Waals surface area contributed by atoms with Crippen LogP contribution in [0.1, 0.15) is 82.9 Å². The molecule has 3 aromatic heterocycles. The molecule has 0 saturated heterocycles. The zero-order chi connectivity index (χ0) is 29.6. The van der Waals surface area contributed by atoms with Crippen LogP contribution in [0.25, 0.3) is 10.8 Å². The molecule has 10 nitrogen and oxygen atoms in total. The molecule has 11 heteroatoms. The van der Waals surface area contributed by atoms with Crippen LogP contribution in [0.2, 0.25) is 0 Å². The van der Waals surface area contributed by atoms with E-state index < -0.39 is 20.7 Å². The number of carbonyl (C=O) groups excluding carboxylic acids is 1. The number of esters is 1. The summed E-state index contributed by atoms with van der Waals surface area (Å²) in [6.07, 6.45) is 5.40. The van der Waals surface area contributed by atoms with E-state index in [9.17, 15) is 9.00 Å². The summed E-state index contributed by atoms with van der Waals surface area (Å²) in [7, 11) is -2.69. The van der Waals surface area contributed by atoms with Gasteiger partial charge in [-0.3, -0.25) is 4.78 Å². The van der Waals surface area contributed by atoms with E-state index in [1.165, 1.54) is 6.26 Å². The zero-order valence-corrected chi connectivity index (χ0v) is 25.3. The van der Waals surface area contributed by atoms with Crippen LogP contribution in [0, 0.1) is 4.78 Å². The van der Waals surface area contributed by atoms with Gasteiger partial charge in [-0.1, -0.05) is 20.8 Å². The lowest BCUT2D eigenvalue weighted by atomic mass is 9.79. The highest BCUT2D eigenvalue weighted by Gasteiger charge is 2.41. The van der Waals surface area contributed by atoms with Crippen molar-refractivity contribution in [3.8, 4) is 5.88 Å². The lowest BCUT2D eigenvalue weighted by Gasteiger charge is -2.36. The van der Waals surface area contributed by atoms with Gasteiger partial charge in [-0.25, -0.2) is 24.0 Å². The van der Waals surface area contributed by atoms with Crippen molar-refractivity contribution in [2.75, 3.05) is 11.6 Å². The second-order valence-corrected chi connectivity index (χ2v) is 14.3. The molecule has 1 aliphatic rings. The molecule has 4 N–H and O–H groups in total. The smallest absolute Gasteiger partial charge is 0.340 e. The number of hydrogen-bond acceptors (Lipinski definition) is 10. The van der Waals surface area contributed by atoms with Gasteiger partial charge in [0.25, 0.3) is 0 Å². The topological polar surface area (TPSA) is 153 Å². The number of anilines is 2. The molecule has 5 atom stereocenters. The Balaban J connectivity index is 1.72. The number of rotatable bonds is 9. The number of ether oxygens (including phenoxy) is 2. The molecule has 216 valence electrons. The van der Waals surface area contributed by atoms with Gasteiger partial charge in [-0.05, 0) is 69.7 Å². The Morgan fingerprint density at radius 3 is 2.58 bits per heavy atom. The van der Waals surface area contributed by atoms with Gasteiger partial charge in [0.2, 0.25) is 5.88 Å². The minimum Gasteiger partial charge on any atom is -0.474 e. The number of nitrogens with zero attached hydrogens (tertiary/aromatic N) is 3. The van der Waals surface area contributed by atoms with E-state index in [0.717, 1.165) is 10.9 Å². The van der Waals surface area contributed by atoms with Crippen molar-refractivity contribution in [3.05, 3.63) is 47.4 Å². The fourth-order valence-corrected chi connectivity index (χ4v) is 5.33. The third-order valence-electron chi connectivity index (χ3n) is 8.11. The first kappa shape index (κ1) is 29.7. The number of nitrogens with one attached hydrogen (secondary N) is 2. The van der Waals surface area contributed by atoms with Gasteiger partial charge in [0, 0.05) is 44.6 Å². The molecule has 2 unspecified atom stereocenters. The average molecular weight is 569 g/mol. The Morgan fingerprint density at radius 2 is 1.93 bits per heavy atom. The maximum atomic E-state index is 12.4. The number of fused-ring (bicyclic) bond motifs is 2. The van der Waals surface area contributed by atoms with Gasteiger partial charge in [-0.2, -0.15) is 0 Å². The minimum atomic E-state index is -2.69. The lowest BCUT2D eigenvalue weighted by molar-refractivity contribution is 0.00864. The molecule has 0 amide bonds. The highest BCUT2D eigenvalue weighted by molar-refractivity contribution is 7.92.